The number of rotatable bonds is 5. The van der Waals surface area contributed by atoms with Crippen LogP contribution >= 0.6 is 11.8 Å². The van der Waals surface area contributed by atoms with Crippen molar-refractivity contribution < 1.29 is 22.7 Å². The monoisotopic (exact) mass is 250 g/mol. The van der Waals surface area contributed by atoms with Crippen LogP contribution in [0.5, 0.6) is 0 Å². The Morgan fingerprint density at radius 3 is 2.38 bits per heavy atom. The lowest BCUT2D eigenvalue weighted by Crippen LogP contribution is -2.16. The van der Waals surface area contributed by atoms with Gasteiger partial charge in [0.1, 0.15) is 12.9 Å². The van der Waals surface area contributed by atoms with Crippen LogP contribution < -0.4 is 0 Å². The quantitative estimate of drug-likeness (QED) is 0.347. The Hall–Kier alpha value is -1.01. The molecule has 1 aromatic carbocycles. The first-order chi connectivity index (χ1) is 7.51. The lowest BCUT2D eigenvalue weighted by Gasteiger charge is -2.07. The summed E-state index contributed by atoms with van der Waals surface area (Å²) < 4.78 is 39.5. The van der Waals surface area contributed by atoms with Gasteiger partial charge in [0.15, 0.2) is 0 Å². The summed E-state index contributed by atoms with van der Waals surface area (Å²) in [5.41, 5.74) is 0.528. The SMILES string of the molecule is O=Cc1ccc(SCOCC(F)(F)F)cc1. The van der Waals surface area contributed by atoms with Crippen molar-refractivity contribution in [2.45, 2.75) is 11.1 Å². The van der Waals surface area contributed by atoms with Crippen molar-refractivity contribution in [3.63, 3.8) is 0 Å². The summed E-state index contributed by atoms with van der Waals surface area (Å²) >= 11 is 1.14. The minimum atomic E-state index is -4.29. The molecule has 0 radical (unpaired) electrons. The van der Waals surface area contributed by atoms with E-state index in [2.05, 4.69) is 4.74 Å². The molecule has 0 bridgehead atoms. The van der Waals surface area contributed by atoms with Crippen molar-refractivity contribution in [3.05, 3.63) is 29.8 Å². The molecule has 0 aliphatic heterocycles. The molecule has 0 aliphatic rings. The minimum Gasteiger partial charge on any atom is -0.361 e. The van der Waals surface area contributed by atoms with E-state index in [1.54, 1.807) is 24.3 Å². The van der Waals surface area contributed by atoms with Crippen LogP contribution in [0.25, 0.3) is 0 Å². The van der Waals surface area contributed by atoms with Crippen LogP contribution in [0.15, 0.2) is 29.2 Å². The second-order valence-corrected chi connectivity index (χ2v) is 3.91. The van der Waals surface area contributed by atoms with Crippen molar-refractivity contribution in [1.82, 2.24) is 0 Å². The molecule has 88 valence electrons. The smallest absolute Gasteiger partial charge is 0.361 e. The first kappa shape index (κ1) is 13.1. The van der Waals surface area contributed by atoms with Gasteiger partial charge in [-0.05, 0) is 12.1 Å². The highest BCUT2D eigenvalue weighted by atomic mass is 32.2. The molecule has 0 unspecified atom stereocenters. The zero-order valence-electron chi connectivity index (χ0n) is 8.16. The molecular weight excluding hydrogens is 241 g/mol. The third-order valence-electron chi connectivity index (χ3n) is 1.59. The van der Waals surface area contributed by atoms with Gasteiger partial charge in [0.2, 0.25) is 0 Å². The van der Waals surface area contributed by atoms with E-state index in [4.69, 9.17) is 0 Å². The van der Waals surface area contributed by atoms with E-state index < -0.39 is 12.8 Å². The lowest BCUT2D eigenvalue weighted by molar-refractivity contribution is -0.168. The zero-order valence-corrected chi connectivity index (χ0v) is 8.98. The average molecular weight is 250 g/mol. The summed E-state index contributed by atoms with van der Waals surface area (Å²) in [6.45, 7) is -1.24. The van der Waals surface area contributed by atoms with Gasteiger partial charge in [0.25, 0.3) is 0 Å². The fourth-order valence-electron chi connectivity index (χ4n) is 0.910. The van der Waals surface area contributed by atoms with Gasteiger partial charge < -0.3 is 4.74 Å². The molecule has 0 aliphatic carbocycles. The van der Waals surface area contributed by atoms with E-state index in [9.17, 15) is 18.0 Å². The van der Waals surface area contributed by atoms with Gasteiger partial charge in [0, 0.05) is 10.5 Å². The van der Waals surface area contributed by atoms with Crippen LogP contribution in [0.1, 0.15) is 10.4 Å². The van der Waals surface area contributed by atoms with Crippen LogP contribution in [0.2, 0.25) is 0 Å². The summed E-state index contributed by atoms with van der Waals surface area (Å²) in [4.78, 5) is 11.1. The van der Waals surface area contributed by atoms with E-state index >= 15 is 0 Å². The van der Waals surface area contributed by atoms with Gasteiger partial charge >= 0.3 is 6.18 Å². The fraction of sp³-hybridized carbons (Fsp3) is 0.300. The molecule has 0 fully saturated rings. The highest BCUT2D eigenvalue weighted by Gasteiger charge is 2.27. The predicted octanol–water partition coefficient (Wildman–Crippen LogP) is 3.13. The predicted molar refractivity (Wildman–Crippen MR) is 54.6 cm³/mol. The van der Waals surface area contributed by atoms with Crippen molar-refractivity contribution in [2.24, 2.45) is 0 Å². The highest BCUT2D eigenvalue weighted by Crippen LogP contribution is 2.20. The summed E-state index contributed by atoms with van der Waals surface area (Å²) in [6.07, 6.45) is -3.59. The van der Waals surface area contributed by atoms with Gasteiger partial charge in [-0.3, -0.25) is 4.79 Å². The Balaban J connectivity index is 2.29. The molecule has 0 heterocycles. The first-order valence-electron chi connectivity index (χ1n) is 4.34. The van der Waals surface area contributed by atoms with E-state index in [-0.39, 0.29) is 5.94 Å². The molecular formula is C10H9F3O2S. The molecule has 0 N–H and O–H groups in total. The Labute approximate surface area is 94.8 Å². The maximum atomic E-state index is 11.7. The topological polar surface area (TPSA) is 26.3 Å². The van der Waals surface area contributed by atoms with Crippen LogP contribution in [0.3, 0.4) is 0 Å². The van der Waals surface area contributed by atoms with E-state index in [0.29, 0.717) is 11.8 Å². The van der Waals surface area contributed by atoms with Crippen LogP contribution in [0.4, 0.5) is 13.2 Å². The molecule has 0 saturated carbocycles. The van der Waals surface area contributed by atoms with Crippen molar-refractivity contribution in [2.75, 3.05) is 12.5 Å². The van der Waals surface area contributed by atoms with Crippen molar-refractivity contribution >= 4 is 18.0 Å². The number of benzene rings is 1. The number of ether oxygens (including phenoxy) is 1. The number of aldehydes is 1. The molecule has 2 nitrogen and oxygen atoms in total. The summed E-state index contributed by atoms with van der Waals surface area (Å²) in [5, 5.41) is 0. The lowest BCUT2D eigenvalue weighted by atomic mass is 10.2. The van der Waals surface area contributed by atoms with E-state index in [1.807, 2.05) is 0 Å². The van der Waals surface area contributed by atoms with Crippen molar-refractivity contribution in [1.29, 1.82) is 0 Å². The zero-order chi connectivity index (χ0) is 12.0. The van der Waals surface area contributed by atoms with Crippen LogP contribution in [-0.4, -0.2) is 25.0 Å². The number of hydrogen-bond donors (Lipinski definition) is 0. The highest BCUT2D eigenvalue weighted by molar-refractivity contribution is 7.99. The number of carbonyl (C=O) groups excluding carboxylic acids is 1. The molecule has 0 saturated heterocycles. The number of thioether (sulfide) groups is 1. The first-order valence-corrected chi connectivity index (χ1v) is 5.32. The second kappa shape index (κ2) is 5.91. The summed E-state index contributed by atoms with van der Waals surface area (Å²) in [5.74, 6) is -0.0695. The Bertz CT molecular complexity index is 335. The summed E-state index contributed by atoms with van der Waals surface area (Å²) in [7, 11) is 0. The van der Waals surface area contributed by atoms with Gasteiger partial charge in [-0.15, -0.1) is 0 Å². The maximum Gasteiger partial charge on any atom is 0.411 e. The minimum absolute atomic E-state index is 0.0695. The Kier molecular flexibility index (Phi) is 4.82. The molecule has 0 spiro atoms. The van der Waals surface area contributed by atoms with E-state index in [0.717, 1.165) is 16.7 Å². The number of hydrogen-bond acceptors (Lipinski definition) is 3. The largest absolute Gasteiger partial charge is 0.411 e. The van der Waals surface area contributed by atoms with Crippen LogP contribution in [0, 0.1) is 0 Å². The molecule has 0 amide bonds. The normalized spacial score (nSPS) is 11.4. The number of carbonyl (C=O) groups is 1. The molecule has 1 aromatic rings. The van der Waals surface area contributed by atoms with Gasteiger partial charge in [-0.2, -0.15) is 13.2 Å². The molecule has 16 heavy (non-hydrogen) atoms. The third-order valence-corrected chi connectivity index (χ3v) is 2.48. The summed E-state index contributed by atoms with van der Waals surface area (Å²) in [6, 6.07) is 6.51. The number of halogens is 3. The van der Waals surface area contributed by atoms with Crippen LogP contribution in [-0.2, 0) is 4.74 Å². The average Bonchev–Trinajstić information content (AvgIpc) is 2.24. The molecule has 0 atom stereocenters. The van der Waals surface area contributed by atoms with Crippen molar-refractivity contribution in [3.8, 4) is 0 Å². The Morgan fingerprint density at radius 1 is 1.25 bits per heavy atom. The standard InChI is InChI=1S/C10H9F3O2S/c11-10(12,13)6-15-7-16-9-3-1-8(5-14)2-4-9/h1-5H,6-7H2. The third kappa shape index (κ3) is 5.18. The van der Waals surface area contributed by atoms with Gasteiger partial charge in [-0.1, -0.05) is 23.9 Å². The van der Waals surface area contributed by atoms with Gasteiger partial charge in [0.05, 0.1) is 5.94 Å². The molecule has 1 rings (SSSR count). The van der Waals surface area contributed by atoms with E-state index in [1.165, 1.54) is 0 Å². The number of alkyl halides is 3. The second-order valence-electron chi connectivity index (χ2n) is 2.91. The Morgan fingerprint density at radius 2 is 1.88 bits per heavy atom. The molecule has 6 heteroatoms. The molecule has 0 aromatic heterocycles. The fourth-order valence-corrected chi connectivity index (χ4v) is 1.54. The maximum absolute atomic E-state index is 11.7. The van der Waals surface area contributed by atoms with Gasteiger partial charge in [-0.25, -0.2) is 0 Å².